The molecule has 3 heteroatoms. The van der Waals surface area contributed by atoms with Crippen molar-refractivity contribution in [2.24, 2.45) is 12.0 Å². The molecule has 3 nitrogen and oxygen atoms in total. The van der Waals surface area contributed by atoms with E-state index in [0.29, 0.717) is 12.4 Å². The first-order valence-corrected chi connectivity index (χ1v) is 14.9. The van der Waals surface area contributed by atoms with E-state index in [1.54, 1.807) is 0 Å². The highest BCUT2D eigenvalue weighted by Gasteiger charge is 2.31. The number of fused-ring (bicyclic) bond motifs is 2. The Labute approximate surface area is 243 Å². The number of nitrogens with zero attached hydrogens (tertiary/aromatic N) is 2. The normalized spacial score (nSPS) is 14.9. The van der Waals surface area contributed by atoms with E-state index in [2.05, 4.69) is 123 Å². The molecule has 6 rings (SSSR count). The van der Waals surface area contributed by atoms with Crippen molar-refractivity contribution in [1.29, 1.82) is 0 Å². The van der Waals surface area contributed by atoms with Crippen molar-refractivity contribution in [2.45, 2.75) is 52.5 Å². The lowest BCUT2D eigenvalue weighted by Crippen LogP contribution is -2.03. The van der Waals surface area contributed by atoms with Crippen LogP contribution in [0.2, 0.25) is 0 Å². The van der Waals surface area contributed by atoms with Gasteiger partial charge in [0.2, 0.25) is 5.90 Å². The molecule has 5 aromatic rings. The van der Waals surface area contributed by atoms with Crippen molar-refractivity contribution < 1.29 is 4.74 Å². The van der Waals surface area contributed by atoms with Gasteiger partial charge in [0.1, 0.15) is 5.76 Å². The number of ether oxygens (including phenoxy) is 1. The fourth-order valence-electron chi connectivity index (χ4n) is 5.97. The number of para-hydroxylation sites is 1. The molecule has 0 aliphatic carbocycles. The van der Waals surface area contributed by atoms with Gasteiger partial charge in [0.15, 0.2) is 0 Å². The fourth-order valence-corrected chi connectivity index (χ4v) is 5.97. The third-order valence-electron chi connectivity index (χ3n) is 8.16. The lowest BCUT2D eigenvalue weighted by Gasteiger charge is -2.16. The molecule has 0 fully saturated rings. The van der Waals surface area contributed by atoms with Gasteiger partial charge in [-0.2, -0.15) is 0 Å². The lowest BCUT2D eigenvalue weighted by molar-refractivity contribution is 0.523. The molecule has 0 bridgehead atoms. The van der Waals surface area contributed by atoms with Gasteiger partial charge in [0.05, 0.1) is 6.54 Å². The van der Waals surface area contributed by atoms with Crippen LogP contribution in [-0.4, -0.2) is 10.5 Å². The minimum atomic E-state index is 0.578. The van der Waals surface area contributed by atoms with Gasteiger partial charge >= 0.3 is 0 Å². The number of hydrogen-bond donors (Lipinski definition) is 0. The summed E-state index contributed by atoms with van der Waals surface area (Å²) < 4.78 is 9.23. The summed E-state index contributed by atoms with van der Waals surface area (Å²) in [6, 6.07) is 36.5. The van der Waals surface area contributed by atoms with Gasteiger partial charge in [0.25, 0.3) is 0 Å². The van der Waals surface area contributed by atoms with Gasteiger partial charge in [-0.1, -0.05) is 123 Å². The van der Waals surface area contributed by atoms with Crippen LogP contribution in [0.15, 0.2) is 108 Å². The molecule has 206 valence electrons. The molecular weight excluding hydrogens is 500 g/mol. The lowest BCUT2D eigenvalue weighted by atomic mass is 9.90. The summed E-state index contributed by atoms with van der Waals surface area (Å²) in [4.78, 5) is 4.98. The van der Waals surface area contributed by atoms with Crippen LogP contribution in [0.1, 0.15) is 71.7 Å². The predicted octanol–water partition coefficient (Wildman–Crippen LogP) is 9.50. The molecule has 1 aliphatic rings. The highest BCUT2D eigenvalue weighted by molar-refractivity contribution is 6.15. The van der Waals surface area contributed by atoms with E-state index >= 15 is 0 Å². The third kappa shape index (κ3) is 5.37. The number of benzene rings is 4. The maximum Gasteiger partial charge on any atom is 0.223 e. The minimum Gasteiger partial charge on any atom is -0.437 e. The summed E-state index contributed by atoms with van der Waals surface area (Å²) in [5.74, 6) is 1.58. The van der Waals surface area contributed by atoms with Gasteiger partial charge in [-0.05, 0) is 43.0 Å². The van der Waals surface area contributed by atoms with Crippen molar-refractivity contribution >= 4 is 28.1 Å². The van der Waals surface area contributed by atoms with E-state index in [0.717, 1.165) is 34.4 Å². The maximum atomic E-state index is 6.83. The molecule has 41 heavy (non-hydrogen) atoms. The standard InChI is InChI=1S/C38H38N2O/c1-4-5-6-10-21-34-36(32-19-13-14-20-33(32)40(34)3)35(29-24-22-27(2)23-25-29)37-30-17-11-12-18-31(30)38(41-37)39-26-28-15-8-7-9-16-28/h7-9,11-20,22-25H,4-6,10,21,26H2,1-3H3/b37-35+,39-38?. The SMILES string of the molecule is CCCCCCc1c(/C(=C2/OC(=NCc3ccccc3)c3ccccc32)c2ccc(C)cc2)c2ccccc2n1C. The smallest absolute Gasteiger partial charge is 0.223 e. The number of aromatic nitrogens is 1. The first-order valence-electron chi connectivity index (χ1n) is 14.9. The number of unbranched alkanes of at least 4 members (excludes halogenated alkanes) is 3. The number of rotatable bonds is 9. The van der Waals surface area contributed by atoms with E-state index in [-0.39, 0.29) is 0 Å². The van der Waals surface area contributed by atoms with Crippen LogP contribution in [0.4, 0.5) is 0 Å². The molecule has 0 saturated carbocycles. The van der Waals surface area contributed by atoms with Gasteiger partial charge < -0.3 is 9.30 Å². The van der Waals surface area contributed by atoms with E-state index in [1.807, 2.05) is 6.07 Å². The molecule has 1 aromatic heterocycles. The van der Waals surface area contributed by atoms with E-state index < -0.39 is 0 Å². The number of aliphatic imine (C=N–C) groups is 1. The summed E-state index contributed by atoms with van der Waals surface area (Å²) in [5.41, 5.74) is 10.8. The van der Waals surface area contributed by atoms with E-state index in [1.165, 1.54) is 59.0 Å². The topological polar surface area (TPSA) is 26.5 Å². The molecule has 2 heterocycles. The second kappa shape index (κ2) is 12.0. The third-order valence-corrected chi connectivity index (χ3v) is 8.16. The van der Waals surface area contributed by atoms with Crippen LogP contribution in [0, 0.1) is 6.92 Å². The Balaban J connectivity index is 1.58. The van der Waals surface area contributed by atoms with Crippen molar-refractivity contribution in [3.63, 3.8) is 0 Å². The Morgan fingerprint density at radius 3 is 2.24 bits per heavy atom. The zero-order valence-electron chi connectivity index (χ0n) is 24.4. The van der Waals surface area contributed by atoms with Crippen LogP contribution in [-0.2, 0) is 24.8 Å². The quantitative estimate of drug-likeness (QED) is 0.172. The molecule has 0 amide bonds. The first-order chi connectivity index (χ1) is 20.2. The Morgan fingerprint density at radius 1 is 0.756 bits per heavy atom. The van der Waals surface area contributed by atoms with Crippen LogP contribution in [0.5, 0.6) is 0 Å². The molecule has 1 aliphatic heterocycles. The zero-order valence-corrected chi connectivity index (χ0v) is 24.4. The van der Waals surface area contributed by atoms with Crippen LogP contribution < -0.4 is 0 Å². The zero-order chi connectivity index (χ0) is 28.2. The monoisotopic (exact) mass is 538 g/mol. The second-order valence-electron chi connectivity index (χ2n) is 11.0. The van der Waals surface area contributed by atoms with Crippen molar-refractivity contribution in [1.82, 2.24) is 4.57 Å². The van der Waals surface area contributed by atoms with Gasteiger partial charge in [-0.25, -0.2) is 4.99 Å². The maximum absolute atomic E-state index is 6.83. The highest BCUT2D eigenvalue weighted by Crippen LogP contribution is 2.44. The molecule has 0 atom stereocenters. The van der Waals surface area contributed by atoms with Gasteiger partial charge in [-0.15, -0.1) is 0 Å². The van der Waals surface area contributed by atoms with Crippen molar-refractivity contribution in [2.75, 3.05) is 0 Å². The fraction of sp³-hybridized carbons (Fsp3) is 0.237. The second-order valence-corrected chi connectivity index (χ2v) is 11.0. The number of aryl methyl sites for hydroxylation is 2. The van der Waals surface area contributed by atoms with Gasteiger partial charge in [-0.3, -0.25) is 0 Å². The molecule has 0 unspecified atom stereocenters. The van der Waals surface area contributed by atoms with Crippen molar-refractivity contribution in [3.05, 3.63) is 142 Å². The molecular formula is C38H38N2O. The highest BCUT2D eigenvalue weighted by atomic mass is 16.5. The summed E-state index contributed by atoms with van der Waals surface area (Å²) >= 11 is 0. The molecule has 0 spiro atoms. The predicted molar refractivity (Wildman–Crippen MR) is 172 cm³/mol. The molecule has 0 N–H and O–H groups in total. The largest absolute Gasteiger partial charge is 0.437 e. The average Bonchev–Trinajstić information content (AvgIpc) is 3.51. The summed E-state index contributed by atoms with van der Waals surface area (Å²) in [6.45, 7) is 4.99. The van der Waals surface area contributed by atoms with Crippen LogP contribution in [0.3, 0.4) is 0 Å². The molecule has 0 saturated heterocycles. The summed E-state index contributed by atoms with van der Waals surface area (Å²) in [7, 11) is 2.22. The van der Waals surface area contributed by atoms with Crippen LogP contribution >= 0.6 is 0 Å². The Bertz CT molecular complexity index is 1720. The van der Waals surface area contributed by atoms with Crippen molar-refractivity contribution in [3.8, 4) is 0 Å². The first kappa shape index (κ1) is 26.8. The van der Waals surface area contributed by atoms with E-state index in [4.69, 9.17) is 9.73 Å². The average molecular weight is 539 g/mol. The Kier molecular flexibility index (Phi) is 7.86. The van der Waals surface area contributed by atoms with Crippen LogP contribution in [0.25, 0.3) is 22.2 Å². The number of hydrogen-bond acceptors (Lipinski definition) is 2. The Morgan fingerprint density at radius 2 is 1.46 bits per heavy atom. The van der Waals surface area contributed by atoms with E-state index in [9.17, 15) is 0 Å². The molecule has 4 aromatic carbocycles. The summed E-state index contributed by atoms with van der Waals surface area (Å²) in [6.07, 6.45) is 5.94. The minimum absolute atomic E-state index is 0.578. The summed E-state index contributed by atoms with van der Waals surface area (Å²) in [5, 5.41) is 1.26. The molecule has 0 radical (unpaired) electrons. The van der Waals surface area contributed by atoms with Gasteiger partial charge in [0, 0.05) is 45.9 Å². The Hall–Kier alpha value is -4.37.